The van der Waals surface area contributed by atoms with Crippen LogP contribution in [0, 0.1) is 0 Å². The molecule has 0 bridgehead atoms. The summed E-state index contributed by atoms with van der Waals surface area (Å²) in [4.78, 5) is 10.4. The van der Waals surface area contributed by atoms with Crippen LogP contribution in [-0.4, -0.2) is 22.4 Å². The average Bonchev–Trinajstić information content (AvgIpc) is 2.80. The normalized spacial score (nSPS) is 16.7. The smallest absolute Gasteiger partial charge is 0.405 e. The maximum absolute atomic E-state index is 10.4. The van der Waals surface area contributed by atoms with Gasteiger partial charge in [-0.15, -0.1) is 0 Å². The number of ether oxygens (including phenoxy) is 1. The van der Waals surface area contributed by atoms with Crippen LogP contribution >= 0.6 is 0 Å². The number of nitrogens with one attached hydrogen (secondary N) is 1. The van der Waals surface area contributed by atoms with Gasteiger partial charge in [0.1, 0.15) is 11.3 Å². The van der Waals surface area contributed by atoms with Gasteiger partial charge in [-0.2, -0.15) is 0 Å². The molecule has 2 N–H and O–H groups in total. The highest BCUT2D eigenvalue weighted by Crippen LogP contribution is 2.45. The molecular formula is C16H27NO4. The summed E-state index contributed by atoms with van der Waals surface area (Å²) in [6.07, 6.45) is 2.21. The van der Waals surface area contributed by atoms with E-state index in [1.165, 1.54) is 0 Å². The third kappa shape index (κ3) is 6.67. The van der Waals surface area contributed by atoms with Gasteiger partial charge in [-0.05, 0) is 66.5 Å². The van der Waals surface area contributed by atoms with Crippen molar-refractivity contribution in [3.05, 3.63) is 24.2 Å². The second kappa shape index (κ2) is 6.10. The zero-order valence-electron chi connectivity index (χ0n) is 13.8. The maximum Gasteiger partial charge on any atom is 0.405 e. The standard InChI is InChI=1S/C8H9NO3.C8H18O/c10-7(11)9-8(3-4-8)6-2-1-5-12-6;1-7(2,3)9-8(4,5)6/h1-2,5,9H,3-4H2,(H,10,11);1-6H3. The van der Waals surface area contributed by atoms with Gasteiger partial charge < -0.3 is 19.6 Å². The number of carboxylic acid groups (broad SMARTS) is 1. The van der Waals surface area contributed by atoms with Gasteiger partial charge in [0.15, 0.2) is 0 Å². The van der Waals surface area contributed by atoms with Crippen molar-refractivity contribution in [2.45, 2.75) is 71.1 Å². The highest BCUT2D eigenvalue weighted by molar-refractivity contribution is 5.66. The van der Waals surface area contributed by atoms with Crippen molar-refractivity contribution in [1.29, 1.82) is 0 Å². The molecule has 0 aromatic carbocycles. The van der Waals surface area contributed by atoms with Gasteiger partial charge in [-0.3, -0.25) is 0 Å². The van der Waals surface area contributed by atoms with Crippen molar-refractivity contribution in [1.82, 2.24) is 5.32 Å². The Labute approximate surface area is 126 Å². The quantitative estimate of drug-likeness (QED) is 0.860. The van der Waals surface area contributed by atoms with Crippen LogP contribution in [0.2, 0.25) is 0 Å². The summed E-state index contributed by atoms with van der Waals surface area (Å²) in [7, 11) is 0. The van der Waals surface area contributed by atoms with E-state index < -0.39 is 11.6 Å². The molecule has 1 aromatic rings. The lowest BCUT2D eigenvalue weighted by Gasteiger charge is -2.30. The zero-order valence-corrected chi connectivity index (χ0v) is 13.8. The number of carbonyl (C=O) groups is 1. The Kier molecular flexibility index (Phi) is 5.10. The molecule has 1 fully saturated rings. The van der Waals surface area contributed by atoms with Gasteiger partial charge >= 0.3 is 6.09 Å². The van der Waals surface area contributed by atoms with E-state index in [0.717, 1.165) is 12.8 Å². The number of hydrogen-bond acceptors (Lipinski definition) is 3. The minimum atomic E-state index is -0.996. The van der Waals surface area contributed by atoms with Crippen LogP contribution < -0.4 is 5.32 Å². The largest absolute Gasteiger partial charge is 0.467 e. The molecule has 0 unspecified atom stereocenters. The average molecular weight is 297 g/mol. The van der Waals surface area contributed by atoms with Crippen molar-refractivity contribution in [3.63, 3.8) is 0 Å². The van der Waals surface area contributed by atoms with Crippen molar-refractivity contribution in [2.24, 2.45) is 0 Å². The predicted octanol–water partition coefficient (Wildman–Crippen LogP) is 4.14. The third-order valence-electron chi connectivity index (χ3n) is 2.70. The van der Waals surface area contributed by atoms with Crippen molar-refractivity contribution >= 4 is 6.09 Å². The van der Waals surface area contributed by atoms with E-state index in [1.54, 1.807) is 18.4 Å². The first-order chi connectivity index (χ1) is 9.44. The number of amides is 1. The number of rotatable bonds is 2. The van der Waals surface area contributed by atoms with E-state index in [0.29, 0.717) is 5.76 Å². The molecule has 2 rings (SSSR count). The second-order valence-electron chi connectivity index (χ2n) is 7.32. The fraction of sp³-hybridized carbons (Fsp3) is 0.688. The summed E-state index contributed by atoms with van der Waals surface area (Å²) in [6, 6.07) is 3.56. The van der Waals surface area contributed by atoms with Crippen LogP contribution in [0.15, 0.2) is 22.8 Å². The lowest BCUT2D eigenvalue weighted by molar-refractivity contribution is -0.102. The molecule has 0 aliphatic heterocycles. The molecule has 1 aliphatic carbocycles. The lowest BCUT2D eigenvalue weighted by atomic mass is 10.1. The van der Waals surface area contributed by atoms with Crippen LogP contribution in [-0.2, 0) is 10.3 Å². The molecule has 1 saturated carbocycles. The maximum atomic E-state index is 10.4. The van der Waals surface area contributed by atoms with Crippen molar-refractivity contribution in [3.8, 4) is 0 Å². The van der Waals surface area contributed by atoms with E-state index in [1.807, 2.05) is 0 Å². The van der Waals surface area contributed by atoms with E-state index in [4.69, 9.17) is 14.3 Å². The van der Waals surface area contributed by atoms with Gasteiger partial charge in [0.2, 0.25) is 0 Å². The Morgan fingerprint density at radius 3 is 2.00 bits per heavy atom. The predicted molar refractivity (Wildman–Crippen MR) is 81.4 cm³/mol. The Morgan fingerprint density at radius 1 is 1.24 bits per heavy atom. The molecule has 0 spiro atoms. The van der Waals surface area contributed by atoms with Crippen LogP contribution in [0.5, 0.6) is 0 Å². The second-order valence-corrected chi connectivity index (χ2v) is 7.32. The number of furan rings is 1. The molecule has 1 amide bonds. The number of hydrogen-bond donors (Lipinski definition) is 2. The monoisotopic (exact) mass is 297 g/mol. The highest BCUT2D eigenvalue weighted by Gasteiger charge is 2.48. The van der Waals surface area contributed by atoms with Gasteiger partial charge in [0.05, 0.1) is 17.5 Å². The van der Waals surface area contributed by atoms with Crippen molar-refractivity contribution < 1.29 is 19.1 Å². The Morgan fingerprint density at radius 2 is 1.76 bits per heavy atom. The molecule has 21 heavy (non-hydrogen) atoms. The lowest BCUT2D eigenvalue weighted by Crippen LogP contribution is -2.33. The Balaban J connectivity index is 0.000000222. The minimum absolute atomic E-state index is 0.0156. The van der Waals surface area contributed by atoms with Gasteiger partial charge in [0, 0.05) is 0 Å². The summed E-state index contributed by atoms with van der Waals surface area (Å²) in [5.41, 5.74) is -0.453. The minimum Gasteiger partial charge on any atom is -0.467 e. The molecule has 120 valence electrons. The fourth-order valence-corrected chi connectivity index (χ4v) is 2.23. The topological polar surface area (TPSA) is 71.7 Å². The molecule has 5 heteroatoms. The fourth-order valence-electron chi connectivity index (χ4n) is 2.23. The van der Waals surface area contributed by atoms with E-state index in [-0.39, 0.29) is 11.2 Å². The highest BCUT2D eigenvalue weighted by atomic mass is 16.5. The summed E-state index contributed by atoms with van der Waals surface area (Å²) >= 11 is 0. The molecule has 0 saturated heterocycles. The van der Waals surface area contributed by atoms with Crippen LogP contribution in [0.1, 0.15) is 60.1 Å². The Hall–Kier alpha value is -1.49. The molecule has 1 aromatic heterocycles. The molecule has 0 radical (unpaired) electrons. The molecule has 0 atom stereocenters. The van der Waals surface area contributed by atoms with E-state index in [2.05, 4.69) is 46.9 Å². The zero-order chi connectivity index (χ0) is 16.3. The molecular weight excluding hydrogens is 270 g/mol. The van der Waals surface area contributed by atoms with Gasteiger partial charge in [-0.25, -0.2) is 4.79 Å². The summed E-state index contributed by atoms with van der Waals surface area (Å²) in [6.45, 7) is 12.4. The summed E-state index contributed by atoms with van der Waals surface area (Å²) in [5.74, 6) is 0.713. The van der Waals surface area contributed by atoms with Gasteiger partial charge in [-0.1, -0.05) is 0 Å². The van der Waals surface area contributed by atoms with Crippen LogP contribution in [0.4, 0.5) is 4.79 Å². The van der Waals surface area contributed by atoms with Crippen LogP contribution in [0.3, 0.4) is 0 Å². The first-order valence-electron chi connectivity index (χ1n) is 7.19. The first-order valence-corrected chi connectivity index (χ1v) is 7.19. The van der Waals surface area contributed by atoms with Crippen LogP contribution in [0.25, 0.3) is 0 Å². The van der Waals surface area contributed by atoms with Gasteiger partial charge in [0.25, 0.3) is 0 Å². The first kappa shape index (κ1) is 17.6. The molecule has 5 nitrogen and oxygen atoms in total. The third-order valence-corrected chi connectivity index (χ3v) is 2.70. The molecule has 1 aliphatic rings. The molecule has 1 heterocycles. The summed E-state index contributed by atoms with van der Waals surface area (Å²) in [5, 5.41) is 11.0. The van der Waals surface area contributed by atoms with E-state index in [9.17, 15) is 4.79 Å². The Bertz CT molecular complexity index is 436. The summed E-state index contributed by atoms with van der Waals surface area (Å²) < 4.78 is 10.8. The van der Waals surface area contributed by atoms with E-state index >= 15 is 0 Å². The SMILES string of the molecule is CC(C)(C)OC(C)(C)C.O=C(O)NC1(c2ccco2)CC1. The van der Waals surface area contributed by atoms with Crippen molar-refractivity contribution in [2.75, 3.05) is 0 Å².